The Hall–Kier alpha value is -3.15. The molecule has 6 heteroatoms. The molecule has 1 aliphatic heterocycles. The van der Waals surface area contributed by atoms with Crippen LogP contribution in [0.25, 0.3) is 11.4 Å². The summed E-state index contributed by atoms with van der Waals surface area (Å²) in [4.78, 5) is 27.0. The van der Waals surface area contributed by atoms with Crippen LogP contribution in [0.2, 0.25) is 0 Å². The summed E-state index contributed by atoms with van der Waals surface area (Å²) < 4.78 is 5.20. The summed E-state index contributed by atoms with van der Waals surface area (Å²) in [6.07, 6.45) is 0.736. The summed E-state index contributed by atoms with van der Waals surface area (Å²) in [5.41, 5.74) is 4.35. The van der Waals surface area contributed by atoms with Gasteiger partial charge in [0.2, 0.25) is 0 Å². The van der Waals surface area contributed by atoms with Crippen LogP contribution in [0, 0.1) is 6.92 Å². The van der Waals surface area contributed by atoms with E-state index in [-0.39, 0.29) is 5.91 Å². The molecule has 0 fully saturated rings. The third-order valence-corrected chi connectivity index (χ3v) is 4.59. The number of aryl methyl sites for hydroxylation is 1. The van der Waals surface area contributed by atoms with Crippen LogP contribution in [0.15, 0.2) is 42.5 Å². The van der Waals surface area contributed by atoms with Gasteiger partial charge < -0.3 is 14.6 Å². The molecule has 3 heterocycles. The molecule has 1 N–H and O–H groups in total. The van der Waals surface area contributed by atoms with E-state index in [2.05, 4.69) is 9.97 Å². The summed E-state index contributed by atoms with van der Waals surface area (Å²) in [7, 11) is 1.65. The Morgan fingerprint density at radius 3 is 2.69 bits per heavy atom. The molecular formula is C20H20N4O2. The summed E-state index contributed by atoms with van der Waals surface area (Å²) in [6.45, 7) is 3.06. The first-order valence-electron chi connectivity index (χ1n) is 8.59. The molecule has 0 saturated heterocycles. The van der Waals surface area contributed by atoms with Gasteiger partial charge in [0.1, 0.15) is 17.3 Å². The molecule has 132 valence electrons. The summed E-state index contributed by atoms with van der Waals surface area (Å²) >= 11 is 0. The zero-order chi connectivity index (χ0) is 18.1. The Balaban J connectivity index is 1.55. The third-order valence-electron chi connectivity index (χ3n) is 4.59. The van der Waals surface area contributed by atoms with Gasteiger partial charge in [-0.25, -0.2) is 9.97 Å². The number of hydrogen-bond acceptors (Lipinski definition) is 4. The topological polar surface area (TPSA) is 71.1 Å². The highest BCUT2D eigenvalue weighted by Gasteiger charge is 2.25. The van der Waals surface area contributed by atoms with Gasteiger partial charge in [-0.3, -0.25) is 4.79 Å². The highest BCUT2D eigenvalue weighted by molar-refractivity contribution is 5.92. The van der Waals surface area contributed by atoms with E-state index < -0.39 is 0 Å². The van der Waals surface area contributed by atoms with Gasteiger partial charge in [0.15, 0.2) is 0 Å². The van der Waals surface area contributed by atoms with Crippen LogP contribution < -0.4 is 4.74 Å². The van der Waals surface area contributed by atoms with Gasteiger partial charge in [-0.2, -0.15) is 0 Å². The number of aromatic amines is 1. The largest absolute Gasteiger partial charge is 0.497 e. The maximum Gasteiger partial charge on any atom is 0.272 e. The number of hydrogen-bond donors (Lipinski definition) is 1. The molecule has 26 heavy (non-hydrogen) atoms. The Bertz CT molecular complexity index is 947. The smallest absolute Gasteiger partial charge is 0.272 e. The SMILES string of the molecule is COc1ccc(-c2nc3c([nH]2)CN(C(=O)c2cccc(C)n2)CC3)cc1. The number of fused-ring (bicyclic) bond motifs is 1. The van der Waals surface area contributed by atoms with Crippen LogP contribution in [0.1, 0.15) is 27.6 Å². The number of aromatic nitrogens is 3. The Kier molecular flexibility index (Phi) is 4.16. The van der Waals surface area contributed by atoms with Gasteiger partial charge in [0, 0.05) is 24.2 Å². The summed E-state index contributed by atoms with van der Waals surface area (Å²) in [5, 5.41) is 0. The summed E-state index contributed by atoms with van der Waals surface area (Å²) in [6, 6.07) is 13.3. The molecule has 3 aromatic rings. The molecule has 0 atom stereocenters. The molecule has 0 bridgehead atoms. The van der Waals surface area contributed by atoms with Crippen molar-refractivity contribution in [1.82, 2.24) is 19.9 Å². The molecule has 1 aliphatic rings. The van der Waals surface area contributed by atoms with Gasteiger partial charge in [-0.15, -0.1) is 0 Å². The van der Waals surface area contributed by atoms with Crippen molar-refractivity contribution in [2.45, 2.75) is 19.9 Å². The van der Waals surface area contributed by atoms with Crippen molar-refractivity contribution in [3.05, 3.63) is 65.2 Å². The van der Waals surface area contributed by atoms with E-state index >= 15 is 0 Å². The molecule has 6 nitrogen and oxygen atoms in total. The number of methoxy groups -OCH3 is 1. The number of ether oxygens (including phenoxy) is 1. The maximum atomic E-state index is 12.7. The third kappa shape index (κ3) is 3.06. The fourth-order valence-electron chi connectivity index (χ4n) is 3.18. The normalized spacial score (nSPS) is 13.4. The predicted molar refractivity (Wildman–Crippen MR) is 98.0 cm³/mol. The molecule has 0 unspecified atom stereocenters. The lowest BCUT2D eigenvalue weighted by Crippen LogP contribution is -2.36. The van der Waals surface area contributed by atoms with Crippen LogP contribution in [-0.2, 0) is 13.0 Å². The van der Waals surface area contributed by atoms with E-state index in [4.69, 9.17) is 9.72 Å². The molecule has 4 rings (SSSR count). The lowest BCUT2D eigenvalue weighted by atomic mass is 10.1. The minimum absolute atomic E-state index is 0.0417. The second-order valence-corrected chi connectivity index (χ2v) is 6.38. The minimum Gasteiger partial charge on any atom is -0.497 e. The zero-order valence-corrected chi connectivity index (χ0v) is 14.8. The van der Waals surface area contributed by atoms with E-state index in [0.29, 0.717) is 18.8 Å². The number of nitrogens with one attached hydrogen (secondary N) is 1. The van der Waals surface area contributed by atoms with E-state index in [1.165, 1.54) is 0 Å². The van der Waals surface area contributed by atoms with Crippen LogP contribution in [-0.4, -0.2) is 39.4 Å². The van der Waals surface area contributed by atoms with E-state index in [1.54, 1.807) is 13.2 Å². The molecule has 1 amide bonds. The van der Waals surface area contributed by atoms with Crippen molar-refractivity contribution in [3.8, 4) is 17.1 Å². The lowest BCUT2D eigenvalue weighted by Gasteiger charge is -2.25. The molecule has 2 aromatic heterocycles. The van der Waals surface area contributed by atoms with E-state index in [9.17, 15) is 4.79 Å². The van der Waals surface area contributed by atoms with Gasteiger partial charge in [0.05, 0.1) is 25.0 Å². The van der Waals surface area contributed by atoms with Crippen molar-refractivity contribution in [2.24, 2.45) is 0 Å². The molecule has 0 saturated carbocycles. The van der Waals surface area contributed by atoms with Gasteiger partial charge >= 0.3 is 0 Å². The number of amides is 1. The molecule has 1 aromatic carbocycles. The van der Waals surface area contributed by atoms with Crippen molar-refractivity contribution in [3.63, 3.8) is 0 Å². The van der Waals surface area contributed by atoms with Gasteiger partial charge in [-0.05, 0) is 43.3 Å². The first-order chi connectivity index (χ1) is 12.6. The number of pyridine rings is 1. The minimum atomic E-state index is -0.0417. The number of carbonyl (C=O) groups is 1. The number of H-pyrrole nitrogens is 1. The first-order valence-corrected chi connectivity index (χ1v) is 8.59. The number of benzene rings is 1. The van der Waals surface area contributed by atoms with Crippen molar-refractivity contribution >= 4 is 5.91 Å². The highest BCUT2D eigenvalue weighted by Crippen LogP contribution is 2.25. The maximum absolute atomic E-state index is 12.7. The average Bonchev–Trinajstić information content (AvgIpc) is 3.10. The van der Waals surface area contributed by atoms with Crippen molar-refractivity contribution in [1.29, 1.82) is 0 Å². The molecule has 0 spiro atoms. The number of rotatable bonds is 3. The zero-order valence-electron chi connectivity index (χ0n) is 14.8. The Morgan fingerprint density at radius 1 is 1.15 bits per heavy atom. The van der Waals surface area contributed by atoms with E-state index in [0.717, 1.165) is 40.6 Å². The number of imidazole rings is 1. The number of nitrogens with zero attached hydrogens (tertiary/aromatic N) is 3. The Morgan fingerprint density at radius 2 is 1.96 bits per heavy atom. The predicted octanol–water partition coefficient (Wildman–Crippen LogP) is 2.99. The van der Waals surface area contributed by atoms with Crippen molar-refractivity contribution < 1.29 is 9.53 Å². The summed E-state index contributed by atoms with van der Waals surface area (Å²) in [5.74, 6) is 1.59. The molecule has 0 radical (unpaired) electrons. The fourth-order valence-corrected chi connectivity index (χ4v) is 3.18. The molecule has 0 aliphatic carbocycles. The van der Waals surface area contributed by atoms with Gasteiger partial charge in [0.25, 0.3) is 5.91 Å². The number of carbonyl (C=O) groups excluding carboxylic acids is 1. The van der Waals surface area contributed by atoms with Crippen LogP contribution in [0.4, 0.5) is 0 Å². The molecular weight excluding hydrogens is 328 g/mol. The highest BCUT2D eigenvalue weighted by atomic mass is 16.5. The monoisotopic (exact) mass is 348 g/mol. The second kappa shape index (κ2) is 6.63. The standard InChI is InChI=1S/C20H20N4O2/c1-13-4-3-5-17(21-13)20(25)24-11-10-16-18(12-24)23-19(22-16)14-6-8-15(26-2)9-7-14/h3-9H,10-12H2,1-2H3,(H,22,23). The quantitative estimate of drug-likeness (QED) is 0.790. The van der Waals surface area contributed by atoms with Crippen LogP contribution >= 0.6 is 0 Å². The van der Waals surface area contributed by atoms with Gasteiger partial charge in [-0.1, -0.05) is 6.07 Å². The van der Waals surface area contributed by atoms with Crippen LogP contribution in [0.5, 0.6) is 5.75 Å². The van der Waals surface area contributed by atoms with Crippen LogP contribution in [0.3, 0.4) is 0 Å². The first kappa shape index (κ1) is 16.3. The second-order valence-electron chi connectivity index (χ2n) is 6.38. The average molecular weight is 348 g/mol. The van der Waals surface area contributed by atoms with E-state index in [1.807, 2.05) is 48.2 Å². The Labute approximate surface area is 151 Å². The fraction of sp³-hybridized carbons (Fsp3) is 0.250. The lowest BCUT2D eigenvalue weighted by molar-refractivity contribution is 0.0725. The van der Waals surface area contributed by atoms with Crippen molar-refractivity contribution in [2.75, 3.05) is 13.7 Å².